The minimum atomic E-state index is 0.798. The summed E-state index contributed by atoms with van der Waals surface area (Å²) in [7, 11) is 0. The van der Waals surface area contributed by atoms with Crippen LogP contribution >= 0.6 is 11.3 Å². The summed E-state index contributed by atoms with van der Waals surface area (Å²) in [4.78, 5) is 8.63. The van der Waals surface area contributed by atoms with E-state index in [-0.39, 0.29) is 0 Å². The minimum Gasteiger partial charge on any atom is -0.399 e. The molecule has 0 bridgehead atoms. The fourth-order valence-corrected chi connectivity index (χ4v) is 2.91. The molecule has 4 heteroatoms. The molecule has 3 nitrogen and oxygen atoms in total. The van der Waals surface area contributed by atoms with Gasteiger partial charge in [0, 0.05) is 24.5 Å². The number of aromatic nitrogens is 2. The molecule has 18 heavy (non-hydrogen) atoms. The van der Waals surface area contributed by atoms with Crippen LogP contribution in [-0.2, 0) is 12.8 Å². The summed E-state index contributed by atoms with van der Waals surface area (Å²) in [6, 6.07) is 9.96. The van der Waals surface area contributed by atoms with E-state index in [2.05, 4.69) is 9.97 Å². The van der Waals surface area contributed by atoms with Crippen molar-refractivity contribution in [3.63, 3.8) is 0 Å². The molecule has 0 radical (unpaired) electrons. The molecule has 1 aromatic carbocycles. The van der Waals surface area contributed by atoms with Crippen LogP contribution < -0.4 is 5.73 Å². The maximum atomic E-state index is 5.77. The quantitative estimate of drug-likeness (QED) is 0.732. The van der Waals surface area contributed by atoms with E-state index < -0.39 is 0 Å². The Hall–Kier alpha value is -1.94. The Morgan fingerprint density at radius 2 is 1.89 bits per heavy atom. The topological polar surface area (TPSA) is 51.8 Å². The normalized spacial score (nSPS) is 10.9. The van der Waals surface area contributed by atoms with E-state index in [9.17, 15) is 0 Å². The number of thiazole rings is 1. The van der Waals surface area contributed by atoms with Crippen LogP contribution in [0.5, 0.6) is 0 Å². The molecule has 0 unspecified atom stereocenters. The van der Waals surface area contributed by atoms with Crippen LogP contribution in [0, 0.1) is 0 Å². The van der Waals surface area contributed by atoms with Gasteiger partial charge in [-0.05, 0) is 42.3 Å². The van der Waals surface area contributed by atoms with Crippen LogP contribution in [0.4, 0.5) is 5.69 Å². The molecule has 3 rings (SSSR count). The predicted molar refractivity (Wildman–Crippen MR) is 75.7 cm³/mol. The molecule has 2 aromatic heterocycles. The standard InChI is InChI=1S/C14H13N3S/c15-11-2-3-12-13(9-11)18-14(17-12)4-1-10-5-7-16-8-6-10/h2-3,5-9H,1,4,15H2. The lowest BCUT2D eigenvalue weighted by molar-refractivity contribution is 0.945. The number of hydrogen-bond donors (Lipinski definition) is 1. The third kappa shape index (κ3) is 2.33. The van der Waals surface area contributed by atoms with Crippen LogP contribution in [0.1, 0.15) is 10.6 Å². The van der Waals surface area contributed by atoms with Crippen LogP contribution in [0.25, 0.3) is 10.2 Å². The van der Waals surface area contributed by atoms with Crippen LogP contribution in [0.15, 0.2) is 42.7 Å². The van der Waals surface area contributed by atoms with E-state index in [1.807, 2.05) is 42.7 Å². The number of hydrogen-bond acceptors (Lipinski definition) is 4. The van der Waals surface area contributed by atoms with Gasteiger partial charge in [-0.3, -0.25) is 4.98 Å². The minimum absolute atomic E-state index is 0.798. The third-order valence-electron chi connectivity index (χ3n) is 2.83. The lowest BCUT2D eigenvalue weighted by Crippen LogP contribution is -1.90. The number of aryl methyl sites for hydroxylation is 2. The zero-order valence-corrected chi connectivity index (χ0v) is 10.7. The van der Waals surface area contributed by atoms with Gasteiger partial charge in [-0.25, -0.2) is 4.98 Å². The predicted octanol–water partition coefficient (Wildman–Crippen LogP) is 3.06. The molecular weight excluding hydrogens is 242 g/mol. The van der Waals surface area contributed by atoms with Gasteiger partial charge < -0.3 is 5.73 Å². The molecule has 0 saturated carbocycles. The van der Waals surface area contributed by atoms with Gasteiger partial charge in [-0.2, -0.15) is 0 Å². The Bertz CT molecular complexity index is 661. The fourth-order valence-electron chi connectivity index (χ4n) is 1.90. The average molecular weight is 255 g/mol. The Kier molecular flexibility index (Phi) is 2.94. The second-order valence-corrected chi connectivity index (χ2v) is 5.31. The van der Waals surface area contributed by atoms with Gasteiger partial charge in [0.2, 0.25) is 0 Å². The van der Waals surface area contributed by atoms with Crippen molar-refractivity contribution in [1.29, 1.82) is 0 Å². The maximum absolute atomic E-state index is 5.77. The van der Waals surface area contributed by atoms with Gasteiger partial charge in [0.15, 0.2) is 0 Å². The molecule has 0 amide bonds. The zero-order chi connectivity index (χ0) is 12.4. The van der Waals surface area contributed by atoms with E-state index in [0.717, 1.165) is 29.1 Å². The van der Waals surface area contributed by atoms with E-state index in [0.29, 0.717) is 0 Å². The summed E-state index contributed by atoms with van der Waals surface area (Å²) < 4.78 is 1.17. The monoisotopic (exact) mass is 255 g/mol. The Labute approximate surface area is 109 Å². The summed E-state index contributed by atoms with van der Waals surface area (Å²) in [6.45, 7) is 0. The summed E-state index contributed by atoms with van der Waals surface area (Å²) in [5.74, 6) is 0. The molecule has 90 valence electrons. The first-order valence-electron chi connectivity index (χ1n) is 5.85. The van der Waals surface area contributed by atoms with E-state index in [1.165, 1.54) is 10.3 Å². The van der Waals surface area contributed by atoms with Crippen molar-refractivity contribution >= 4 is 27.2 Å². The number of nitrogens with two attached hydrogens (primary N) is 1. The number of fused-ring (bicyclic) bond motifs is 1. The molecule has 0 aliphatic rings. The second-order valence-electron chi connectivity index (χ2n) is 4.19. The molecule has 0 atom stereocenters. The number of rotatable bonds is 3. The van der Waals surface area contributed by atoms with Crippen molar-refractivity contribution in [2.75, 3.05) is 5.73 Å². The summed E-state index contributed by atoms with van der Waals surface area (Å²) in [5, 5.41) is 1.16. The summed E-state index contributed by atoms with van der Waals surface area (Å²) >= 11 is 1.72. The first-order chi connectivity index (χ1) is 8.81. The summed E-state index contributed by atoms with van der Waals surface area (Å²) in [6.07, 6.45) is 5.61. The fraction of sp³-hybridized carbons (Fsp3) is 0.143. The number of anilines is 1. The molecule has 0 aliphatic heterocycles. The Morgan fingerprint density at radius 1 is 1.06 bits per heavy atom. The highest BCUT2D eigenvalue weighted by atomic mass is 32.1. The van der Waals surface area contributed by atoms with E-state index in [4.69, 9.17) is 5.73 Å². The largest absolute Gasteiger partial charge is 0.399 e. The van der Waals surface area contributed by atoms with Crippen molar-refractivity contribution in [1.82, 2.24) is 9.97 Å². The molecule has 2 heterocycles. The molecule has 3 aromatic rings. The Balaban J connectivity index is 1.79. The van der Waals surface area contributed by atoms with Crippen molar-refractivity contribution in [3.8, 4) is 0 Å². The second kappa shape index (κ2) is 4.74. The Morgan fingerprint density at radius 3 is 2.72 bits per heavy atom. The van der Waals surface area contributed by atoms with Gasteiger partial charge in [-0.15, -0.1) is 11.3 Å². The molecule has 2 N–H and O–H groups in total. The average Bonchev–Trinajstić information content (AvgIpc) is 2.79. The van der Waals surface area contributed by atoms with Crippen molar-refractivity contribution in [2.24, 2.45) is 0 Å². The highest BCUT2D eigenvalue weighted by molar-refractivity contribution is 7.18. The maximum Gasteiger partial charge on any atom is 0.0941 e. The molecule has 0 aliphatic carbocycles. The lowest BCUT2D eigenvalue weighted by atomic mass is 10.1. The van der Waals surface area contributed by atoms with Crippen LogP contribution in [0.2, 0.25) is 0 Å². The van der Waals surface area contributed by atoms with Crippen LogP contribution in [-0.4, -0.2) is 9.97 Å². The third-order valence-corrected chi connectivity index (χ3v) is 3.91. The van der Waals surface area contributed by atoms with Crippen molar-refractivity contribution in [2.45, 2.75) is 12.8 Å². The number of benzene rings is 1. The van der Waals surface area contributed by atoms with Crippen molar-refractivity contribution in [3.05, 3.63) is 53.3 Å². The number of nitrogen functional groups attached to an aromatic ring is 1. The van der Waals surface area contributed by atoms with Gasteiger partial charge in [0.25, 0.3) is 0 Å². The van der Waals surface area contributed by atoms with Gasteiger partial charge in [0.1, 0.15) is 0 Å². The zero-order valence-electron chi connectivity index (χ0n) is 9.84. The summed E-state index contributed by atoms with van der Waals surface area (Å²) in [5.41, 5.74) is 8.90. The molecular formula is C14H13N3S. The van der Waals surface area contributed by atoms with E-state index in [1.54, 1.807) is 11.3 Å². The number of nitrogens with zero attached hydrogens (tertiary/aromatic N) is 2. The first kappa shape index (κ1) is 11.2. The molecule has 0 fully saturated rings. The molecule has 0 saturated heterocycles. The van der Waals surface area contributed by atoms with Gasteiger partial charge >= 0.3 is 0 Å². The first-order valence-corrected chi connectivity index (χ1v) is 6.67. The SMILES string of the molecule is Nc1ccc2nc(CCc3ccncc3)sc2c1. The highest BCUT2D eigenvalue weighted by Crippen LogP contribution is 2.24. The lowest BCUT2D eigenvalue weighted by Gasteiger charge is -1.96. The smallest absolute Gasteiger partial charge is 0.0941 e. The number of pyridine rings is 1. The highest BCUT2D eigenvalue weighted by Gasteiger charge is 2.04. The van der Waals surface area contributed by atoms with Crippen molar-refractivity contribution < 1.29 is 0 Å². The van der Waals surface area contributed by atoms with Crippen LogP contribution in [0.3, 0.4) is 0 Å². The van der Waals surface area contributed by atoms with Gasteiger partial charge in [0.05, 0.1) is 15.2 Å². The molecule has 0 spiro atoms. The van der Waals surface area contributed by atoms with E-state index >= 15 is 0 Å². The van der Waals surface area contributed by atoms with Gasteiger partial charge in [-0.1, -0.05) is 0 Å².